The first-order valence-corrected chi connectivity index (χ1v) is 9.31. The Kier molecular flexibility index (Phi) is 4.18. The van der Waals surface area contributed by atoms with Gasteiger partial charge >= 0.3 is 21.3 Å². The Hall–Kier alpha value is -0.840. The summed E-state index contributed by atoms with van der Waals surface area (Å²) in [5.74, 6) is -2.19. The van der Waals surface area contributed by atoms with Crippen molar-refractivity contribution in [2.24, 2.45) is 11.8 Å². The molecule has 1 aliphatic carbocycles. The van der Waals surface area contributed by atoms with Gasteiger partial charge < -0.3 is 14.6 Å². The molecule has 24 heavy (non-hydrogen) atoms. The first-order valence-electron chi connectivity index (χ1n) is 7.87. The van der Waals surface area contributed by atoms with E-state index in [-0.39, 0.29) is 24.4 Å². The van der Waals surface area contributed by atoms with E-state index in [0.717, 1.165) is 12.8 Å². The van der Waals surface area contributed by atoms with Gasteiger partial charge in [-0.25, -0.2) is 4.79 Å². The molecule has 0 aromatic carbocycles. The topological polar surface area (TPSA) is 110 Å². The van der Waals surface area contributed by atoms with Gasteiger partial charge in [0.25, 0.3) is 0 Å². The maximum absolute atomic E-state index is 13.3. The first-order chi connectivity index (χ1) is 10.9. The molecule has 0 spiro atoms. The molecule has 0 amide bonds. The molecule has 0 aromatic heterocycles. The summed E-state index contributed by atoms with van der Waals surface area (Å²) in [5, 5.41) is 5.42. The lowest BCUT2D eigenvalue weighted by molar-refractivity contribution is -0.169. The SMILES string of the molecule is CC1(O)CCCC1C1CC2OC1CC2OC(=O)C(F)(F)S(=O)(=O)O. The molecule has 2 bridgehead atoms. The van der Waals surface area contributed by atoms with Gasteiger partial charge in [-0.1, -0.05) is 6.42 Å². The van der Waals surface area contributed by atoms with E-state index in [9.17, 15) is 27.1 Å². The minimum absolute atomic E-state index is 0.0448. The fourth-order valence-corrected chi connectivity index (χ4v) is 4.62. The molecule has 2 heterocycles. The Morgan fingerprint density at radius 1 is 1.33 bits per heavy atom. The molecule has 3 fully saturated rings. The molecule has 2 saturated heterocycles. The maximum Gasteiger partial charge on any atom is 0.465 e. The lowest BCUT2D eigenvalue weighted by Crippen LogP contribution is -2.44. The molecular formula is C14H20F2O7S. The summed E-state index contributed by atoms with van der Waals surface area (Å²) in [6.07, 6.45) is 1.21. The third-order valence-electron chi connectivity index (χ3n) is 5.54. The lowest BCUT2D eigenvalue weighted by atomic mass is 9.73. The number of fused-ring (bicyclic) bond motifs is 2. The summed E-state index contributed by atoms with van der Waals surface area (Å²) in [6, 6.07) is 0. The van der Waals surface area contributed by atoms with Crippen molar-refractivity contribution in [1.82, 2.24) is 0 Å². The highest BCUT2D eigenvalue weighted by Gasteiger charge is 2.59. The summed E-state index contributed by atoms with van der Waals surface area (Å²) >= 11 is 0. The van der Waals surface area contributed by atoms with Crippen LogP contribution in [-0.4, -0.2) is 53.2 Å². The van der Waals surface area contributed by atoms with Gasteiger partial charge in [0.2, 0.25) is 0 Å². The van der Waals surface area contributed by atoms with E-state index < -0.39 is 39.2 Å². The minimum Gasteiger partial charge on any atom is -0.454 e. The van der Waals surface area contributed by atoms with E-state index in [1.807, 2.05) is 0 Å². The van der Waals surface area contributed by atoms with Gasteiger partial charge in [0.1, 0.15) is 6.10 Å². The normalized spacial score (nSPS) is 42.5. The predicted molar refractivity (Wildman–Crippen MR) is 75.7 cm³/mol. The van der Waals surface area contributed by atoms with E-state index in [1.54, 1.807) is 6.92 Å². The molecule has 0 aromatic rings. The van der Waals surface area contributed by atoms with Crippen LogP contribution >= 0.6 is 0 Å². The largest absolute Gasteiger partial charge is 0.465 e. The summed E-state index contributed by atoms with van der Waals surface area (Å²) in [7, 11) is -5.88. The summed E-state index contributed by atoms with van der Waals surface area (Å²) in [6.45, 7) is 1.78. The standard InChI is InChI=1S/C14H20F2O7S/c1-13(18)4-2-3-8(13)7-5-10-11(6-9(7)22-10)23-12(17)14(15,16)24(19,20)21/h7-11,18H,2-6H2,1H3,(H,19,20,21). The maximum atomic E-state index is 13.3. The fourth-order valence-electron chi connectivity index (χ4n) is 4.36. The van der Waals surface area contributed by atoms with Gasteiger partial charge in [0, 0.05) is 6.42 Å². The number of alkyl halides is 2. The van der Waals surface area contributed by atoms with E-state index in [2.05, 4.69) is 4.74 Å². The van der Waals surface area contributed by atoms with Crippen molar-refractivity contribution in [3.05, 3.63) is 0 Å². The molecule has 1 saturated carbocycles. The van der Waals surface area contributed by atoms with Gasteiger partial charge in [0.15, 0.2) is 0 Å². The number of rotatable bonds is 4. The molecular weight excluding hydrogens is 350 g/mol. The number of hydrogen-bond donors (Lipinski definition) is 2. The van der Waals surface area contributed by atoms with Gasteiger partial charge in [-0.15, -0.1) is 0 Å². The van der Waals surface area contributed by atoms with Crippen molar-refractivity contribution in [2.45, 2.75) is 68.2 Å². The number of carbonyl (C=O) groups is 1. The van der Waals surface area contributed by atoms with Crippen LogP contribution in [0.3, 0.4) is 0 Å². The van der Waals surface area contributed by atoms with Crippen LogP contribution in [-0.2, 0) is 24.4 Å². The quantitative estimate of drug-likeness (QED) is 0.563. The van der Waals surface area contributed by atoms with Crippen LogP contribution < -0.4 is 0 Å². The van der Waals surface area contributed by atoms with Gasteiger partial charge in [0.05, 0.1) is 17.8 Å². The van der Waals surface area contributed by atoms with E-state index in [0.29, 0.717) is 12.8 Å². The van der Waals surface area contributed by atoms with E-state index in [4.69, 9.17) is 9.29 Å². The fraction of sp³-hybridized carbons (Fsp3) is 0.929. The van der Waals surface area contributed by atoms with Gasteiger partial charge in [-0.05, 0) is 38.0 Å². The van der Waals surface area contributed by atoms with Crippen molar-refractivity contribution in [2.75, 3.05) is 0 Å². The van der Waals surface area contributed by atoms with Crippen molar-refractivity contribution < 1.29 is 41.1 Å². The Balaban J connectivity index is 1.63. The highest BCUT2D eigenvalue weighted by Crippen LogP contribution is 2.51. The minimum atomic E-state index is -5.88. The third kappa shape index (κ3) is 2.83. The second-order valence-electron chi connectivity index (χ2n) is 7.14. The molecule has 2 N–H and O–H groups in total. The third-order valence-corrected chi connectivity index (χ3v) is 6.36. The second-order valence-corrected chi connectivity index (χ2v) is 8.60. The summed E-state index contributed by atoms with van der Waals surface area (Å²) in [4.78, 5) is 11.4. The zero-order valence-corrected chi connectivity index (χ0v) is 13.8. The summed E-state index contributed by atoms with van der Waals surface area (Å²) in [5.41, 5.74) is -0.789. The average Bonchev–Trinajstić information content (AvgIpc) is 3.10. The molecule has 6 unspecified atom stereocenters. The zero-order chi connectivity index (χ0) is 17.9. The molecule has 10 heteroatoms. The summed E-state index contributed by atoms with van der Waals surface area (Å²) < 4.78 is 66.3. The highest BCUT2D eigenvalue weighted by molar-refractivity contribution is 7.87. The molecule has 3 aliphatic rings. The molecule has 7 nitrogen and oxygen atoms in total. The molecule has 6 atom stereocenters. The van der Waals surface area contributed by atoms with Crippen LogP contribution in [0, 0.1) is 11.8 Å². The van der Waals surface area contributed by atoms with Crippen LogP contribution in [0.15, 0.2) is 0 Å². The number of ether oxygens (including phenoxy) is 2. The number of hydrogen-bond acceptors (Lipinski definition) is 6. The van der Waals surface area contributed by atoms with Crippen molar-refractivity contribution in [3.63, 3.8) is 0 Å². The zero-order valence-electron chi connectivity index (χ0n) is 13.0. The van der Waals surface area contributed by atoms with Crippen LogP contribution in [0.1, 0.15) is 39.0 Å². The van der Waals surface area contributed by atoms with Gasteiger partial charge in [-0.2, -0.15) is 17.2 Å². The first kappa shape index (κ1) is 18.0. The molecule has 0 radical (unpaired) electrons. The Bertz CT molecular complexity index is 633. The molecule has 3 rings (SSSR count). The van der Waals surface area contributed by atoms with Gasteiger partial charge in [-0.3, -0.25) is 4.55 Å². The highest BCUT2D eigenvalue weighted by atomic mass is 32.2. The van der Waals surface area contributed by atoms with Crippen LogP contribution in [0.4, 0.5) is 8.78 Å². The average molecular weight is 370 g/mol. The van der Waals surface area contributed by atoms with Crippen LogP contribution in [0.25, 0.3) is 0 Å². The number of aliphatic hydroxyl groups is 1. The molecule has 2 aliphatic heterocycles. The van der Waals surface area contributed by atoms with Crippen LogP contribution in [0.5, 0.6) is 0 Å². The van der Waals surface area contributed by atoms with E-state index in [1.165, 1.54) is 0 Å². The predicted octanol–water partition coefficient (Wildman–Crippen LogP) is 1.11. The Morgan fingerprint density at radius 2 is 2.00 bits per heavy atom. The number of carbonyl (C=O) groups excluding carboxylic acids is 1. The van der Waals surface area contributed by atoms with Crippen LogP contribution in [0.2, 0.25) is 0 Å². The lowest BCUT2D eigenvalue weighted by Gasteiger charge is -2.35. The number of halogens is 2. The number of esters is 1. The Morgan fingerprint density at radius 3 is 2.46 bits per heavy atom. The van der Waals surface area contributed by atoms with E-state index >= 15 is 0 Å². The molecule has 138 valence electrons. The van der Waals surface area contributed by atoms with Crippen molar-refractivity contribution in [3.8, 4) is 0 Å². The smallest absolute Gasteiger partial charge is 0.454 e. The Labute approximate surface area is 138 Å². The monoisotopic (exact) mass is 370 g/mol. The van der Waals surface area contributed by atoms with Crippen molar-refractivity contribution in [1.29, 1.82) is 0 Å². The van der Waals surface area contributed by atoms with Crippen molar-refractivity contribution >= 4 is 16.1 Å². The second kappa shape index (κ2) is 5.58.